The molecule has 0 saturated carbocycles. The van der Waals surface area contributed by atoms with Crippen molar-refractivity contribution in [1.29, 1.82) is 0 Å². The SMILES string of the molecule is Fc1cccc(Cn2ccnn2)c1N1CCNCC1. The molecule has 0 bridgehead atoms. The number of rotatable bonds is 3. The van der Waals surface area contributed by atoms with Crippen LogP contribution in [0.5, 0.6) is 0 Å². The molecule has 0 atom stereocenters. The average molecular weight is 261 g/mol. The minimum Gasteiger partial charge on any atom is -0.366 e. The second-order valence-electron chi connectivity index (χ2n) is 4.59. The minimum absolute atomic E-state index is 0.167. The van der Waals surface area contributed by atoms with E-state index in [0.717, 1.165) is 31.7 Å². The maximum atomic E-state index is 14.2. The van der Waals surface area contributed by atoms with Gasteiger partial charge in [-0.3, -0.25) is 0 Å². The summed E-state index contributed by atoms with van der Waals surface area (Å²) in [5.74, 6) is -0.167. The maximum Gasteiger partial charge on any atom is 0.146 e. The van der Waals surface area contributed by atoms with E-state index in [2.05, 4.69) is 20.5 Å². The minimum atomic E-state index is -0.167. The van der Waals surface area contributed by atoms with Crippen molar-refractivity contribution in [3.8, 4) is 0 Å². The van der Waals surface area contributed by atoms with E-state index in [-0.39, 0.29) is 5.82 Å². The van der Waals surface area contributed by atoms with E-state index in [9.17, 15) is 4.39 Å². The highest BCUT2D eigenvalue weighted by Gasteiger charge is 2.18. The van der Waals surface area contributed by atoms with Crippen molar-refractivity contribution >= 4 is 5.69 Å². The van der Waals surface area contributed by atoms with Crippen LogP contribution < -0.4 is 10.2 Å². The number of hydrogen-bond donors (Lipinski definition) is 1. The van der Waals surface area contributed by atoms with E-state index in [4.69, 9.17) is 0 Å². The van der Waals surface area contributed by atoms with Crippen LogP contribution in [0.25, 0.3) is 0 Å². The van der Waals surface area contributed by atoms with Gasteiger partial charge >= 0.3 is 0 Å². The Morgan fingerprint density at radius 3 is 2.84 bits per heavy atom. The summed E-state index contributed by atoms with van der Waals surface area (Å²) < 4.78 is 15.9. The van der Waals surface area contributed by atoms with Gasteiger partial charge in [0.15, 0.2) is 0 Å². The van der Waals surface area contributed by atoms with Gasteiger partial charge in [0.2, 0.25) is 0 Å². The number of anilines is 1. The highest BCUT2D eigenvalue weighted by Crippen LogP contribution is 2.25. The number of halogens is 1. The summed E-state index contributed by atoms with van der Waals surface area (Å²) in [5, 5.41) is 11.0. The second-order valence-corrected chi connectivity index (χ2v) is 4.59. The Balaban J connectivity index is 1.92. The highest BCUT2D eigenvalue weighted by atomic mass is 19.1. The number of para-hydroxylation sites is 1. The standard InChI is InChI=1S/C13H16FN5/c14-12-3-1-2-11(10-19-9-6-16-17-19)13(12)18-7-4-15-5-8-18/h1-3,6,9,15H,4-5,7-8,10H2. The molecule has 0 aliphatic carbocycles. The smallest absolute Gasteiger partial charge is 0.146 e. The Kier molecular flexibility index (Phi) is 3.41. The number of hydrogen-bond acceptors (Lipinski definition) is 4. The Labute approximate surface area is 111 Å². The van der Waals surface area contributed by atoms with Crippen LogP contribution in [0.2, 0.25) is 0 Å². The van der Waals surface area contributed by atoms with Gasteiger partial charge in [-0.15, -0.1) is 5.10 Å². The van der Waals surface area contributed by atoms with E-state index < -0.39 is 0 Å². The van der Waals surface area contributed by atoms with Gasteiger partial charge in [0.05, 0.1) is 18.4 Å². The van der Waals surface area contributed by atoms with Gasteiger partial charge in [-0.2, -0.15) is 0 Å². The van der Waals surface area contributed by atoms with Crippen molar-refractivity contribution in [1.82, 2.24) is 20.3 Å². The van der Waals surface area contributed by atoms with Gasteiger partial charge in [-0.25, -0.2) is 9.07 Å². The molecule has 1 N–H and O–H groups in total. The number of nitrogens with zero attached hydrogens (tertiary/aromatic N) is 4. The molecule has 6 heteroatoms. The second kappa shape index (κ2) is 5.36. The molecule has 1 fully saturated rings. The zero-order valence-electron chi connectivity index (χ0n) is 10.6. The molecule has 1 aromatic heterocycles. The summed E-state index contributed by atoms with van der Waals surface area (Å²) in [7, 11) is 0. The first-order valence-electron chi connectivity index (χ1n) is 6.42. The molecular weight excluding hydrogens is 245 g/mol. The van der Waals surface area contributed by atoms with Crippen molar-refractivity contribution < 1.29 is 4.39 Å². The molecule has 1 aliphatic rings. The summed E-state index contributed by atoms with van der Waals surface area (Å²) >= 11 is 0. The number of nitrogens with one attached hydrogen (secondary N) is 1. The number of aromatic nitrogens is 3. The molecule has 0 spiro atoms. The van der Waals surface area contributed by atoms with Crippen LogP contribution in [-0.4, -0.2) is 41.2 Å². The van der Waals surface area contributed by atoms with E-state index in [1.807, 2.05) is 6.07 Å². The van der Waals surface area contributed by atoms with Crippen molar-refractivity contribution in [2.24, 2.45) is 0 Å². The molecule has 1 saturated heterocycles. The third kappa shape index (κ3) is 2.58. The van der Waals surface area contributed by atoms with Crippen LogP contribution in [0, 0.1) is 5.82 Å². The first-order chi connectivity index (χ1) is 9.34. The molecule has 0 radical (unpaired) electrons. The largest absolute Gasteiger partial charge is 0.366 e. The van der Waals surface area contributed by atoms with Crippen LogP contribution >= 0.6 is 0 Å². The zero-order valence-corrected chi connectivity index (χ0v) is 10.6. The average Bonchev–Trinajstić information content (AvgIpc) is 2.93. The topological polar surface area (TPSA) is 46.0 Å². The predicted molar refractivity (Wildman–Crippen MR) is 70.6 cm³/mol. The third-order valence-electron chi connectivity index (χ3n) is 3.31. The van der Waals surface area contributed by atoms with Crippen LogP contribution in [-0.2, 0) is 6.54 Å². The molecule has 100 valence electrons. The van der Waals surface area contributed by atoms with Crippen molar-refractivity contribution in [3.05, 3.63) is 42.0 Å². The van der Waals surface area contributed by atoms with Crippen molar-refractivity contribution in [3.63, 3.8) is 0 Å². The molecule has 2 aromatic rings. The monoisotopic (exact) mass is 261 g/mol. The van der Waals surface area contributed by atoms with E-state index in [1.54, 1.807) is 23.1 Å². The van der Waals surface area contributed by atoms with Gasteiger partial charge in [0.1, 0.15) is 5.82 Å². The van der Waals surface area contributed by atoms with Gasteiger partial charge < -0.3 is 10.2 Å². The molecule has 2 heterocycles. The third-order valence-corrected chi connectivity index (χ3v) is 3.31. The van der Waals surface area contributed by atoms with Crippen LogP contribution in [0.4, 0.5) is 10.1 Å². The van der Waals surface area contributed by atoms with E-state index in [0.29, 0.717) is 12.2 Å². The summed E-state index contributed by atoms with van der Waals surface area (Å²) in [6, 6.07) is 5.21. The summed E-state index contributed by atoms with van der Waals surface area (Å²) in [5.41, 5.74) is 1.63. The molecule has 5 nitrogen and oxygen atoms in total. The molecule has 0 unspecified atom stereocenters. The fourth-order valence-electron chi connectivity index (χ4n) is 2.42. The lowest BCUT2D eigenvalue weighted by Crippen LogP contribution is -2.44. The van der Waals surface area contributed by atoms with Gasteiger partial charge in [0.25, 0.3) is 0 Å². The number of benzene rings is 1. The Hall–Kier alpha value is -1.95. The molecule has 3 rings (SSSR count). The van der Waals surface area contributed by atoms with Gasteiger partial charge in [-0.1, -0.05) is 17.3 Å². The van der Waals surface area contributed by atoms with E-state index >= 15 is 0 Å². The zero-order chi connectivity index (χ0) is 13.1. The first-order valence-corrected chi connectivity index (χ1v) is 6.42. The Bertz CT molecular complexity index is 534. The highest BCUT2D eigenvalue weighted by molar-refractivity contribution is 5.55. The van der Waals surface area contributed by atoms with Gasteiger partial charge in [-0.05, 0) is 11.6 Å². The Morgan fingerprint density at radius 2 is 2.11 bits per heavy atom. The van der Waals surface area contributed by atoms with Crippen LogP contribution in [0.1, 0.15) is 5.56 Å². The lowest BCUT2D eigenvalue weighted by atomic mass is 10.1. The normalized spacial score (nSPS) is 15.7. The molecule has 1 aliphatic heterocycles. The van der Waals surface area contributed by atoms with Crippen LogP contribution in [0.15, 0.2) is 30.6 Å². The predicted octanol–water partition coefficient (Wildman–Crippen LogP) is 0.875. The fourth-order valence-corrected chi connectivity index (χ4v) is 2.42. The Morgan fingerprint density at radius 1 is 1.26 bits per heavy atom. The summed E-state index contributed by atoms with van der Waals surface area (Å²) in [6.45, 7) is 3.96. The van der Waals surface area contributed by atoms with E-state index in [1.165, 1.54) is 6.07 Å². The molecular formula is C13H16FN5. The fraction of sp³-hybridized carbons (Fsp3) is 0.385. The lowest BCUT2D eigenvalue weighted by molar-refractivity contribution is 0.559. The molecule has 19 heavy (non-hydrogen) atoms. The molecule has 0 amide bonds. The number of piperazine rings is 1. The van der Waals surface area contributed by atoms with Gasteiger partial charge in [0, 0.05) is 32.4 Å². The van der Waals surface area contributed by atoms with Crippen molar-refractivity contribution in [2.45, 2.75) is 6.54 Å². The summed E-state index contributed by atoms with van der Waals surface area (Å²) in [4.78, 5) is 2.10. The van der Waals surface area contributed by atoms with Crippen molar-refractivity contribution in [2.75, 3.05) is 31.1 Å². The van der Waals surface area contributed by atoms with Crippen LogP contribution in [0.3, 0.4) is 0 Å². The quantitative estimate of drug-likeness (QED) is 0.890. The molecule has 1 aromatic carbocycles. The lowest BCUT2D eigenvalue weighted by Gasteiger charge is -2.31. The summed E-state index contributed by atoms with van der Waals surface area (Å²) in [6.07, 6.45) is 3.41. The maximum absolute atomic E-state index is 14.2. The first kappa shape index (κ1) is 12.1.